The molecule has 0 spiro atoms. The summed E-state index contributed by atoms with van der Waals surface area (Å²) in [5, 5.41) is 3.54. The Bertz CT molecular complexity index is 537. The molecule has 9 heteroatoms. The van der Waals surface area contributed by atoms with E-state index in [0.29, 0.717) is 6.54 Å². The summed E-state index contributed by atoms with van der Waals surface area (Å²) in [6.45, 7) is 5.40. The third-order valence-electron chi connectivity index (χ3n) is 3.28. The van der Waals surface area contributed by atoms with E-state index in [1.165, 1.54) is 6.07 Å². The standard InChI is InChI=1S/C13H20ClN3O2S.2ClH/c14-12-4-1-2-5-13(12)20(18,19)16-6-3-9-17-10-7-15-8-11-17;;/h1-2,4-5,15-16H,3,6-11H2;2*1H. The average Bonchev–Trinajstić information content (AvgIpc) is 2.45. The first-order valence-electron chi connectivity index (χ1n) is 6.77. The molecule has 1 heterocycles. The molecule has 1 fully saturated rings. The molecule has 0 saturated carbocycles. The zero-order valence-corrected chi connectivity index (χ0v) is 15.3. The predicted octanol–water partition coefficient (Wildman–Crippen LogP) is 1.76. The second-order valence-electron chi connectivity index (χ2n) is 4.77. The van der Waals surface area contributed by atoms with Crippen LogP contribution in [0.4, 0.5) is 0 Å². The van der Waals surface area contributed by atoms with Crippen molar-refractivity contribution in [2.75, 3.05) is 39.3 Å². The Kier molecular flexibility index (Phi) is 10.6. The van der Waals surface area contributed by atoms with E-state index in [9.17, 15) is 8.42 Å². The highest BCUT2D eigenvalue weighted by Crippen LogP contribution is 2.19. The van der Waals surface area contributed by atoms with Gasteiger partial charge in [-0.15, -0.1) is 24.8 Å². The Morgan fingerprint density at radius 3 is 2.45 bits per heavy atom. The lowest BCUT2D eigenvalue weighted by atomic mass is 10.3. The SMILES string of the molecule is Cl.Cl.O=S(=O)(NCCCN1CCNCC1)c1ccccc1Cl. The fraction of sp³-hybridized carbons (Fsp3) is 0.538. The molecular formula is C13H22Cl3N3O2S. The van der Waals surface area contributed by atoms with E-state index in [1.807, 2.05) is 0 Å². The monoisotopic (exact) mass is 389 g/mol. The van der Waals surface area contributed by atoms with Crippen molar-refractivity contribution in [1.82, 2.24) is 14.9 Å². The summed E-state index contributed by atoms with van der Waals surface area (Å²) >= 11 is 5.91. The summed E-state index contributed by atoms with van der Waals surface area (Å²) < 4.78 is 26.8. The van der Waals surface area contributed by atoms with Crippen LogP contribution in [-0.2, 0) is 10.0 Å². The van der Waals surface area contributed by atoms with Gasteiger partial charge >= 0.3 is 0 Å². The Balaban J connectivity index is 0.00000220. The number of benzene rings is 1. The van der Waals surface area contributed by atoms with E-state index in [4.69, 9.17) is 11.6 Å². The molecule has 1 aromatic rings. The fourth-order valence-corrected chi connectivity index (χ4v) is 3.78. The van der Waals surface area contributed by atoms with Crippen molar-refractivity contribution in [3.63, 3.8) is 0 Å². The Labute approximate surface area is 149 Å². The van der Waals surface area contributed by atoms with Crippen molar-refractivity contribution in [3.8, 4) is 0 Å². The maximum Gasteiger partial charge on any atom is 0.242 e. The normalized spacial score (nSPS) is 15.7. The molecule has 0 aromatic heterocycles. The van der Waals surface area contributed by atoms with Crippen molar-refractivity contribution in [3.05, 3.63) is 29.3 Å². The van der Waals surface area contributed by atoms with Crippen molar-refractivity contribution < 1.29 is 8.42 Å². The van der Waals surface area contributed by atoms with Crippen molar-refractivity contribution in [1.29, 1.82) is 0 Å². The average molecular weight is 391 g/mol. The molecule has 1 aromatic carbocycles. The van der Waals surface area contributed by atoms with E-state index in [0.717, 1.165) is 39.1 Å². The number of halogens is 3. The lowest BCUT2D eigenvalue weighted by molar-refractivity contribution is 0.239. The van der Waals surface area contributed by atoms with Gasteiger partial charge in [0.05, 0.1) is 5.02 Å². The quantitative estimate of drug-likeness (QED) is 0.727. The minimum absolute atomic E-state index is 0. The third kappa shape index (κ3) is 6.58. The molecule has 5 nitrogen and oxygen atoms in total. The highest BCUT2D eigenvalue weighted by atomic mass is 35.5. The Morgan fingerprint density at radius 1 is 1.18 bits per heavy atom. The topological polar surface area (TPSA) is 61.4 Å². The zero-order valence-electron chi connectivity index (χ0n) is 12.1. The number of piperazine rings is 1. The van der Waals surface area contributed by atoms with Crippen LogP contribution in [0.5, 0.6) is 0 Å². The molecule has 0 amide bonds. The van der Waals surface area contributed by atoms with Gasteiger partial charge in [0.2, 0.25) is 10.0 Å². The van der Waals surface area contributed by atoms with Crippen LogP contribution in [0, 0.1) is 0 Å². The first-order valence-corrected chi connectivity index (χ1v) is 8.63. The minimum atomic E-state index is -3.51. The number of hydrogen-bond donors (Lipinski definition) is 2. The van der Waals surface area contributed by atoms with Crippen molar-refractivity contribution in [2.45, 2.75) is 11.3 Å². The van der Waals surface area contributed by atoms with Gasteiger partial charge in [0.25, 0.3) is 0 Å². The smallest absolute Gasteiger partial charge is 0.242 e. The second kappa shape index (κ2) is 10.6. The minimum Gasteiger partial charge on any atom is -0.314 e. The number of rotatable bonds is 6. The number of hydrogen-bond acceptors (Lipinski definition) is 4. The van der Waals surface area contributed by atoms with Crippen LogP contribution in [0.25, 0.3) is 0 Å². The number of nitrogens with zero attached hydrogens (tertiary/aromatic N) is 1. The van der Waals surface area contributed by atoms with Gasteiger partial charge in [-0.25, -0.2) is 13.1 Å². The van der Waals surface area contributed by atoms with Gasteiger partial charge in [0.15, 0.2) is 0 Å². The summed E-state index contributed by atoms with van der Waals surface area (Å²) in [6, 6.07) is 6.48. The molecule has 1 aliphatic rings. The summed E-state index contributed by atoms with van der Waals surface area (Å²) in [5.74, 6) is 0. The first-order chi connectivity index (χ1) is 9.59. The Morgan fingerprint density at radius 2 is 1.82 bits per heavy atom. The molecule has 22 heavy (non-hydrogen) atoms. The van der Waals surface area contributed by atoms with Crippen LogP contribution in [0.15, 0.2) is 29.2 Å². The molecule has 0 atom stereocenters. The van der Waals surface area contributed by atoms with Gasteiger partial charge in [-0.2, -0.15) is 0 Å². The molecule has 2 N–H and O–H groups in total. The molecule has 1 saturated heterocycles. The van der Waals surface area contributed by atoms with Gasteiger partial charge in [0, 0.05) is 32.7 Å². The summed E-state index contributed by atoms with van der Waals surface area (Å²) in [5.41, 5.74) is 0. The van der Waals surface area contributed by atoms with Gasteiger partial charge < -0.3 is 10.2 Å². The molecule has 0 aliphatic carbocycles. The van der Waals surface area contributed by atoms with E-state index in [1.54, 1.807) is 18.2 Å². The van der Waals surface area contributed by atoms with Gasteiger partial charge in [-0.05, 0) is 25.1 Å². The maximum absolute atomic E-state index is 12.1. The van der Waals surface area contributed by atoms with E-state index >= 15 is 0 Å². The molecule has 0 radical (unpaired) electrons. The number of sulfonamides is 1. The molecule has 2 rings (SSSR count). The van der Waals surface area contributed by atoms with Gasteiger partial charge in [-0.3, -0.25) is 0 Å². The summed E-state index contributed by atoms with van der Waals surface area (Å²) in [4.78, 5) is 2.48. The summed E-state index contributed by atoms with van der Waals surface area (Å²) in [6.07, 6.45) is 0.795. The largest absolute Gasteiger partial charge is 0.314 e. The van der Waals surface area contributed by atoms with Crippen LogP contribution in [0.3, 0.4) is 0 Å². The lowest BCUT2D eigenvalue weighted by Crippen LogP contribution is -2.44. The Hall–Kier alpha value is -0.0800. The number of nitrogens with one attached hydrogen (secondary N) is 2. The van der Waals surface area contributed by atoms with E-state index in [2.05, 4.69) is 14.9 Å². The molecule has 1 aliphatic heterocycles. The fourth-order valence-electron chi connectivity index (χ4n) is 2.18. The van der Waals surface area contributed by atoms with Crippen LogP contribution in [-0.4, -0.2) is 52.6 Å². The molecule has 128 valence electrons. The molecular weight excluding hydrogens is 369 g/mol. The summed E-state index contributed by atoms with van der Waals surface area (Å²) in [7, 11) is -3.51. The van der Waals surface area contributed by atoms with E-state index in [-0.39, 0.29) is 34.7 Å². The van der Waals surface area contributed by atoms with E-state index < -0.39 is 10.0 Å². The second-order valence-corrected chi connectivity index (χ2v) is 6.92. The molecule has 0 unspecified atom stereocenters. The van der Waals surface area contributed by atoms with Crippen molar-refractivity contribution in [2.24, 2.45) is 0 Å². The highest BCUT2D eigenvalue weighted by molar-refractivity contribution is 7.89. The first kappa shape index (κ1) is 21.9. The maximum atomic E-state index is 12.1. The third-order valence-corrected chi connectivity index (χ3v) is 5.24. The van der Waals surface area contributed by atoms with Gasteiger partial charge in [0.1, 0.15) is 4.90 Å². The van der Waals surface area contributed by atoms with Gasteiger partial charge in [-0.1, -0.05) is 23.7 Å². The van der Waals surface area contributed by atoms with Crippen LogP contribution >= 0.6 is 36.4 Å². The predicted molar refractivity (Wildman–Crippen MR) is 95.1 cm³/mol. The van der Waals surface area contributed by atoms with Crippen LogP contribution in [0.1, 0.15) is 6.42 Å². The highest BCUT2D eigenvalue weighted by Gasteiger charge is 2.16. The lowest BCUT2D eigenvalue weighted by Gasteiger charge is -2.27. The van der Waals surface area contributed by atoms with Crippen LogP contribution < -0.4 is 10.0 Å². The van der Waals surface area contributed by atoms with Crippen LogP contribution in [0.2, 0.25) is 5.02 Å². The zero-order chi connectivity index (χ0) is 14.4. The van der Waals surface area contributed by atoms with Crippen molar-refractivity contribution >= 4 is 46.4 Å². The molecule has 0 bridgehead atoms.